The van der Waals surface area contributed by atoms with Crippen LogP contribution in [-0.4, -0.2) is 35.4 Å². The normalized spacial score (nSPS) is 15.5. The Kier molecular flexibility index (Phi) is 6.49. The van der Waals surface area contributed by atoms with Crippen LogP contribution in [0.15, 0.2) is 0 Å². The molecule has 4 heteroatoms. The van der Waals surface area contributed by atoms with E-state index < -0.39 is 5.97 Å². The zero-order chi connectivity index (χ0) is 11.1. The molecule has 84 valence electrons. The molecule has 3 N–H and O–H groups in total. The van der Waals surface area contributed by atoms with Gasteiger partial charge in [0.25, 0.3) is 0 Å². The lowest BCUT2D eigenvalue weighted by molar-refractivity contribution is -0.141. The summed E-state index contributed by atoms with van der Waals surface area (Å²) in [7, 11) is 0. The fourth-order valence-electron chi connectivity index (χ4n) is 1.23. The third-order valence-electron chi connectivity index (χ3n) is 2.35. The Morgan fingerprint density at radius 2 is 1.93 bits per heavy atom. The number of aliphatic hydroxyl groups excluding tert-OH is 1. The van der Waals surface area contributed by atoms with E-state index in [1.807, 2.05) is 0 Å². The van der Waals surface area contributed by atoms with Gasteiger partial charge in [-0.15, -0.1) is 0 Å². The molecule has 4 nitrogen and oxygen atoms in total. The van der Waals surface area contributed by atoms with Crippen LogP contribution in [0.4, 0.5) is 0 Å². The lowest BCUT2D eigenvalue weighted by Gasteiger charge is -2.22. The second-order valence-electron chi connectivity index (χ2n) is 4.01. The van der Waals surface area contributed by atoms with Gasteiger partial charge in [-0.1, -0.05) is 20.8 Å². The van der Waals surface area contributed by atoms with Gasteiger partial charge in [0, 0.05) is 19.2 Å². The molecule has 0 aliphatic rings. The molecule has 0 spiro atoms. The highest BCUT2D eigenvalue weighted by Gasteiger charge is 2.16. The second-order valence-corrected chi connectivity index (χ2v) is 4.01. The highest BCUT2D eigenvalue weighted by Crippen LogP contribution is 2.06. The van der Waals surface area contributed by atoms with Gasteiger partial charge in [-0.05, 0) is 12.3 Å². The molecule has 2 unspecified atom stereocenters. The average molecular weight is 203 g/mol. The van der Waals surface area contributed by atoms with E-state index in [-0.39, 0.29) is 18.6 Å². The number of carbonyl (C=O) groups is 1. The van der Waals surface area contributed by atoms with Crippen LogP contribution >= 0.6 is 0 Å². The van der Waals surface area contributed by atoms with Crippen molar-refractivity contribution < 1.29 is 15.0 Å². The average Bonchev–Trinajstić information content (AvgIpc) is 2.10. The van der Waals surface area contributed by atoms with Crippen LogP contribution in [0.5, 0.6) is 0 Å². The number of nitrogens with one attached hydrogen (secondary N) is 1. The van der Waals surface area contributed by atoms with Crippen molar-refractivity contribution in [2.75, 3.05) is 13.2 Å². The van der Waals surface area contributed by atoms with E-state index in [1.54, 1.807) is 6.92 Å². The Balaban J connectivity index is 3.87. The first kappa shape index (κ1) is 13.4. The molecule has 14 heavy (non-hydrogen) atoms. The number of hydrogen-bond acceptors (Lipinski definition) is 3. The smallest absolute Gasteiger partial charge is 0.307 e. The van der Waals surface area contributed by atoms with Crippen molar-refractivity contribution in [2.45, 2.75) is 33.2 Å². The van der Waals surface area contributed by atoms with E-state index in [0.717, 1.165) is 0 Å². The molecule has 0 radical (unpaired) electrons. The Bertz CT molecular complexity index is 171. The minimum Gasteiger partial charge on any atom is -0.481 e. The quantitative estimate of drug-likeness (QED) is 0.570. The number of carboxylic acids is 1. The lowest BCUT2D eigenvalue weighted by atomic mass is 10.0. The van der Waals surface area contributed by atoms with Crippen molar-refractivity contribution in [1.29, 1.82) is 0 Å². The summed E-state index contributed by atoms with van der Waals surface area (Å²) in [5.74, 6) is -0.762. The molecule has 0 saturated heterocycles. The molecule has 0 rings (SSSR count). The number of hydrogen-bond donors (Lipinski definition) is 3. The molecule has 2 atom stereocenters. The van der Waals surface area contributed by atoms with Crippen molar-refractivity contribution in [2.24, 2.45) is 11.8 Å². The topological polar surface area (TPSA) is 69.6 Å². The van der Waals surface area contributed by atoms with Crippen LogP contribution in [0, 0.1) is 11.8 Å². The van der Waals surface area contributed by atoms with E-state index in [9.17, 15) is 4.79 Å². The summed E-state index contributed by atoms with van der Waals surface area (Å²) in [6, 6.07) is 0.196. The summed E-state index contributed by atoms with van der Waals surface area (Å²) in [4.78, 5) is 10.6. The summed E-state index contributed by atoms with van der Waals surface area (Å²) in [6.07, 6.45) is 0.671. The molecular weight excluding hydrogens is 182 g/mol. The number of carboxylic acid groups (broad SMARTS) is 1. The van der Waals surface area contributed by atoms with Gasteiger partial charge >= 0.3 is 5.97 Å². The van der Waals surface area contributed by atoms with Gasteiger partial charge in [-0.2, -0.15) is 0 Å². The zero-order valence-corrected chi connectivity index (χ0v) is 9.16. The third kappa shape index (κ3) is 5.19. The number of aliphatic carboxylic acids is 1. The number of rotatable bonds is 7. The highest BCUT2D eigenvalue weighted by atomic mass is 16.4. The maximum absolute atomic E-state index is 10.6. The fraction of sp³-hybridized carbons (Fsp3) is 0.900. The molecule has 0 aliphatic heterocycles. The van der Waals surface area contributed by atoms with Gasteiger partial charge in [0.15, 0.2) is 0 Å². The van der Waals surface area contributed by atoms with Crippen molar-refractivity contribution in [1.82, 2.24) is 5.32 Å². The SMILES string of the molecule is CC(CNC(CCO)C(C)C)C(=O)O. The van der Waals surface area contributed by atoms with Gasteiger partial charge in [0.05, 0.1) is 5.92 Å². The predicted molar refractivity (Wildman–Crippen MR) is 55.1 cm³/mol. The molecule has 0 bridgehead atoms. The Morgan fingerprint density at radius 3 is 2.29 bits per heavy atom. The molecule has 0 aromatic heterocycles. The standard InChI is InChI=1S/C10H21NO3/c1-7(2)9(4-5-12)11-6-8(3)10(13)14/h7-9,11-12H,4-6H2,1-3H3,(H,13,14). The summed E-state index contributed by atoms with van der Waals surface area (Å²) in [5.41, 5.74) is 0. The Hall–Kier alpha value is -0.610. The molecule has 0 aromatic carbocycles. The summed E-state index contributed by atoms with van der Waals surface area (Å²) < 4.78 is 0. The molecule has 0 saturated carbocycles. The highest BCUT2D eigenvalue weighted by molar-refractivity contribution is 5.69. The summed E-state index contributed by atoms with van der Waals surface area (Å²) in [5, 5.41) is 20.6. The van der Waals surface area contributed by atoms with Crippen molar-refractivity contribution >= 4 is 5.97 Å². The number of aliphatic hydroxyl groups is 1. The summed E-state index contributed by atoms with van der Waals surface area (Å²) >= 11 is 0. The van der Waals surface area contributed by atoms with E-state index in [0.29, 0.717) is 18.9 Å². The first-order valence-electron chi connectivity index (χ1n) is 5.06. The second kappa shape index (κ2) is 6.79. The van der Waals surface area contributed by atoms with Crippen molar-refractivity contribution in [3.8, 4) is 0 Å². The maximum Gasteiger partial charge on any atom is 0.307 e. The molecule has 0 aliphatic carbocycles. The Morgan fingerprint density at radius 1 is 1.36 bits per heavy atom. The molecule has 0 amide bonds. The van der Waals surface area contributed by atoms with Crippen LogP contribution in [0.1, 0.15) is 27.2 Å². The first-order valence-corrected chi connectivity index (χ1v) is 5.06. The van der Waals surface area contributed by atoms with Crippen LogP contribution in [0.3, 0.4) is 0 Å². The third-order valence-corrected chi connectivity index (χ3v) is 2.35. The predicted octanol–water partition coefficient (Wildman–Crippen LogP) is 0.704. The molecular formula is C10H21NO3. The molecule has 0 aromatic rings. The first-order chi connectivity index (χ1) is 6.49. The van der Waals surface area contributed by atoms with Gasteiger partial charge in [0.1, 0.15) is 0 Å². The van der Waals surface area contributed by atoms with Crippen molar-refractivity contribution in [3.63, 3.8) is 0 Å². The zero-order valence-electron chi connectivity index (χ0n) is 9.16. The minimum absolute atomic E-state index is 0.136. The van der Waals surface area contributed by atoms with E-state index >= 15 is 0 Å². The fourth-order valence-corrected chi connectivity index (χ4v) is 1.23. The van der Waals surface area contributed by atoms with Crippen LogP contribution in [0.2, 0.25) is 0 Å². The van der Waals surface area contributed by atoms with E-state index in [2.05, 4.69) is 19.2 Å². The minimum atomic E-state index is -0.788. The monoisotopic (exact) mass is 203 g/mol. The van der Waals surface area contributed by atoms with E-state index in [1.165, 1.54) is 0 Å². The van der Waals surface area contributed by atoms with Crippen LogP contribution < -0.4 is 5.32 Å². The summed E-state index contributed by atoms with van der Waals surface area (Å²) in [6.45, 7) is 6.37. The molecule has 0 heterocycles. The van der Waals surface area contributed by atoms with Crippen LogP contribution in [0.25, 0.3) is 0 Å². The van der Waals surface area contributed by atoms with Crippen LogP contribution in [-0.2, 0) is 4.79 Å². The van der Waals surface area contributed by atoms with Gasteiger partial charge in [-0.3, -0.25) is 4.79 Å². The largest absolute Gasteiger partial charge is 0.481 e. The van der Waals surface area contributed by atoms with E-state index in [4.69, 9.17) is 10.2 Å². The van der Waals surface area contributed by atoms with Gasteiger partial charge in [-0.25, -0.2) is 0 Å². The lowest BCUT2D eigenvalue weighted by Crippen LogP contribution is -2.38. The molecule has 0 fully saturated rings. The van der Waals surface area contributed by atoms with Gasteiger partial charge < -0.3 is 15.5 Å². The van der Waals surface area contributed by atoms with Gasteiger partial charge in [0.2, 0.25) is 0 Å². The van der Waals surface area contributed by atoms with Crippen molar-refractivity contribution in [3.05, 3.63) is 0 Å². The Labute approximate surface area is 85.3 Å². The maximum atomic E-state index is 10.6.